The van der Waals surface area contributed by atoms with E-state index in [0.29, 0.717) is 23.5 Å². The number of ketones is 1. The Labute approximate surface area is 225 Å². The van der Waals surface area contributed by atoms with E-state index in [1.165, 1.54) is 31.3 Å². The number of Topliss-reactive ketones (excluding diaryl/α,β-unsaturated/α-hetero) is 1. The van der Waals surface area contributed by atoms with Crippen LogP contribution < -0.4 is 18.9 Å². The van der Waals surface area contributed by atoms with Gasteiger partial charge in [0.25, 0.3) is 11.7 Å². The lowest BCUT2D eigenvalue weighted by Crippen LogP contribution is -2.31. The summed E-state index contributed by atoms with van der Waals surface area (Å²) in [5.74, 6) is 0.0180. The molecule has 0 bridgehead atoms. The Kier molecular flexibility index (Phi) is 8.12. The molecule has 1 unspecified atom stereocenters. The smallest absolute Gasteiger partial charge is 0.295 e. The summed E-state index contributed by atoms with van der Waals surface area (Å²) in [6.07, 6.45) is 0.487. The minimum absolute atomic E-state index is 0.0607. The number of carbonyl (C=O) groups excluding carboxylic acids is 2. The van der Waals surface area contributed by atoms with Crippen molar-refractivity contribution in [3.05, 3.63) is 87.9 Å². The van der Waals surface area contributed by atoms with E-state index in [1.807, 2.05) is 24.3 Å². The molecule has 0 aliphatic carbocycles. The number of ether oxygens (including phenoxy) is 4. The maximum atomic E-state index is 13.4. The van der Waals surface area contributed by atoms with Crippen molar-refractivity contribution in [2.75, 3.05) is 35.0 Å². The molecule has 1 aliphatic rings. The fourth-order valence-electron chi connectivity index (χ4n) is 4.48. The molecule has 0 radical (unpaired) electrons. The predicted octanol–water partition coefficient (Wildman–Crippen LogP) is 5.04. The SMILES string of the molecule is COc1ccc(CCN2C(=O)C(=O)/C(=C(/O)c3cc(Cl)c(OC)cc3OC)C2c2ccc(OC)cc2)cc1. The summed E-state index contributed by atoms with van der Waals surface area (Å²) >= 11 is 6.33. The molecule has 3 aromatic rings. The van der Waals surface area contributed by atoms with E-state index in [2.05, 4.69) is 0 Å². The number of aliphatic hydroxyl groups is 1. The lowest BCUT2D eigenvalue weighted by molar-refractivity contribution is -0.139. The first-order valence-corrected chi connectivity index (χ1v) is 12.2. The maximum Gasteiger partial charge on any atom is 0.295 e. The van der Waals surface area contributed by atoms with Crippen LogP contribution in [-0.2, 0) is 16.0 Å². The van der Waals surface area contributed by atoms with Crippen molar-refractivity contribution >= 4 is 29.1 Å². The Bertz CT molecular complexity index is 1370. The van der Waals surface area contributed by atoms with Crippen LogP contribution in [0.3, 0.4) is 0 Å². The molecule has 0 aromatic heterocycles. The number of methoxy groups -OCH3 is 4. The highest BCUT2D eigenvalue weighted by Crippen LogP contribution is 2.43. The Morgan fingerprint density at radius 1 is 0.842 bits per heavy atom. The molecule has 1 heterocycles. The first-order valence-electron chi connectivity index (χ1n) is 11.8. The third kappa shape index (κ3) is 5.13. The molecule has 0 saturated carbocycles. The van der Waals surface area contributed by atoms with Crippen LogP contribution in [0.4, 0.5) is 0 Å². The number of benzene rings is 3. The third-order valence-corrected chi connectivity index (χ3v) is 6.80. The van der Waals surface area contributed by atoms with Gasteiger partial charge in [-0.05, 0) is 47.9 Å². The second-order valence-electron chi connectivity index (χ2n) is 8.55. The van der Waals surface area contributed by atoms with Gasteiger partial charge in [-0.15, -0.1) is 0 Å². The van der Waals surface area contributed by atoms with Crippen LogP contribution in [0.2, 0.25) is 5.02 Å². The zero-order chi connectivity index (χ0) is 27.4. The highest BCUT2D eigenvalue weighted by Gasteiger charge is 2.46. The Morgan fingerprint density at radius 3 is 1.97 bits per heavy atom. The van der Waals surface area contributed by atoms with Gasteiger partial charge in [0.15, 0.2) is 0 Å². The van der Waals surface area contributed by atoms with E-state index < -0.39 is 23.5 Å². The summed E-state index contributed by atoms with van der Waals surface area (Å²) in [6, 6.07) is 16.6. The normalized spacial score (nSPS) is 16.4. The number of amides is 1. The molecule has 1 saturated heterocycles. The standard InChI is InChI=1S/C29H28ClNO7/c1-35-19-9-5-17(6-10-19)13-14-31-26(18-7-11-20(36-2)12-8-18)25(28(33)29(31)34)27(32)21-15-22(30)24(38-4)16-23(21)37-3/h5-12,15-16,26,32H,13-14H2,1-4H3/b27-25+. The number of likely N-dealkylation sites (tertiary alicyclic amines) is 1. The lowest BCUT2D eigenvalue weighted by Gasteiger charge is -2.26. The topological polar surface area (TPSA) is 94.5 Å². The van der Waals surface area contributed by atoms with Gasteiger partial charge in [-0.1, -0.05) is 35.9 Å². The number of nitrogens with zero attached hydrogens (tertiary/aromatic N) is 1. The fourth-order valence-corrected chi connectivity index (χ4v) is 4.72. The summed E-state index contributed by atoms with van der Waals surface area (Å²) in [5, 5.41) is 11.7. The number of hydrogen-bond donors (Lipinski definition) is 1. The van der Waals surface area contributed by atoms with Crippen molar-refractivity contribution in [2.45, 2.75) is 12.5 Å². The van der Waals surface area contributed by atoms with Gasteiger partial charge in [0.1, 0.15) is 28.8 Å². The van der Waals surface area contributed by atoms with Gasteiger partial charge in [-0.2, -0.15) is 0 Å². The van der Waals surface area contributed by atoms with Gasteiger partial charge < -0.3 is 29.0 Å². The van der Waals surface area contributed by atoms with Gasteiger partial charge in [0.2, 0.25) is 0 Å². The highest BCUT2D eigenvalue weighted by molar-refractivity contribution is 6.46. The van der Waals surface area contributed by atoms with Crippen molar-refractivity contribution in [1.29, 1.82) is 0 Å². The molecule has 8 nitrogen and oxygen atoms in total. The van der Waals surface area contributed by atoms with Crippen LogP contribution in [0.25, 0.3) is 5.76 Å². The van der Waals surface area contributed by atoms with Crippen LogP contribution in [0.1, 0.15) is 22.7 Å². The Morgan fingerprint density at radius 2 is 1.42 bits per heavy atom. The van der Waals surface area contributed by atoms with Gasteiger partial charge in [0, 0.05) is 12.6 Å². The minimum atomic E-state index is -0.843. The molecule has 1 N–H and O–H groups in total. The molecule has 1 fully saturated rings. The van der Waals surface area contributed by atoms with Crippen LogP contribution in [-0.4, -0.2) is 56.7 Å². The molecule has 198 valence electrons. The van der Waals surface area contributed by atoms with Crippen molar-refractivity contribution in [1.82, 2.24) is 4.90 Å². The average molecular weight is 538 g/mol. The molecule has 1 amide bonds. The predicted molar refractivity (Wildman–Crippen MR) is 143 cm³/mol. The van der Waals surface area contributed by atoms with Crippen molar-refractivity contribution in [3.63, 3.8) is 0 Å². The second-order valence-corrected chi connectivity index (χ2v) is 8.96. The number of halogens is 1. The van der Waals surface area contributed by atoms with Gasteiger partial charge >= 0.3 is 0 Å². The average Bonchev–Trinajstić information content (AvgIpc) is 3.20. The highest BCUT2D eigenvalue weighted by atomic mass is 35.5. The van der Waals surface area contributed by atoms with E-state index in [-0.39, 0.29) is 28.5 Å². The van der Waals surface area contributed by atoms with Crippen molar-refractivity contribution < 1.29 is 33.6 Å². The van der Waals surface area contributed by atoms with Crippen LogP contribution in [0.15, 0.2) is 66.2 Å². The van der Waals surface area contributed by atoms with Crippen LogP contribution in [0, 0.1) is 0 Å². The van der Waals surface area contributed by atoms with E-state index in [1.54, 1.807) is 38.5 Å². The molecule has 4 rings (SSSR count). The molecule has 1 atom stereocenters. The molecule has 9 heteroatoms. The van der Waals surface area contributed by atoms with Gasteiger partial charge in [-0.3, -0.25) is 9.59 Å². The Balaban J connectivity index is 1.81. The lowest BCUT2D eigenvalue weighted by atomic mass is 9.94. The van der Waals surface area contributed by atoms with Gasteiger partial charge in [0.05, 0.1) is 50.6 Å². The summed E-state index contributed by atoms with van der Waals surface area (Å²) in [4.78, 5) is 28.2. The zero-order valence-corrected chi connectivity index (χ0v) is 22.2. The Hall–Kier alpha value is -4.17. The van der Waals surface area contributed by atoms with Crippen LogP contribution >= 0.6 is 11.6 Å². The molecule has 0 spiro atoms. The minimum Gasteiger partial charge on any atom is -0.507 e. The largest absolute Gasteiger partial charge is 0.507 e. The van der Waals surface area contributed by atoms with Gasteiger partial charge in [-0.25, -0.2) is 0 Å². The van der Waals surface area contributed by atoms with E-state index >= 15 is 0 Å². The van der Waals surface area contributed by atoms with Crippen molar-refractivity contribution in [2.24, 2.45) is 0 Å². The summed E-state index contributed by atoms with van der Waals surface area (Å²) < 4.78 is 21.2. The first-order chi connectivity index (χ1) is 18.3. The quantitative estimate of drug-likeness (QED) is 0.232. The first kappa shape index (κ1) is 26.9. The second kappa shape index (κ2) is 11.5. The molecule has 1 aliphatic heterocycles. The summed E-state index contributed by atoms with van der Waals surface area (Å²) in [7, 11) is 6.02. The number of carbonyl (C=O) groups is 2. The number of hydrogen-bond acceptors (Lipinski definition) is 7. The summed E-state index contributed by atoms with van der Waals surface area (Å²) in [6.45, 7) is 0.241. The van der Waals surface area contributed by atoms with Crippen molar-refractivity contribution in [3.8, 4) is 23.0 Å². The maximum absolute atomic E-state index is 13.4. The third-order valence-electron chi connectivity index (χ3n) is 6.50. The summed E-state index contributed by atoms with van der Waals surface area (Å²) in [5.41, 5.74) is 1.71. The monoisotopic (exact) mass is 537 g/mol. The van der Waals surface area contributed by atoms with E-state index in [0.717, 1.165) is 11.3 Å². The zero-order valence-electron chi connectivity index (χ0n) is 21.5. The molecular formula is C29H28ClNO7. The molecule has 38 heavy (non-hydrogen) atoms. The molecular weight excluding hydrogens is 510 g/mol. The van der Waals surface area contributed by atoms with E-state index in [4.69, 9.17) is 30.5 Å². The van der Waals surface area contributed by atoms with Crippen LogP contribution in [0.5, 0.6) is 23.0 Å². The van der Waals surface area contributed by atoms with E-state index in [9.17, 15) is 14.7 Å². The number of aliphatic hydroxyl groups excluding tert-OH is 1. The number of rotatable bonds is 9. The fraction of sp³-hybridized carbons (Fsp3) is 0.241. The molecule has 3 aromatic carbocycles.